The van der Waals surface area contributed by atoms with Gasteiger partial charge in [-0.05, 0) is 160 Å². The summed E-state index contributed by atoms with van der Waals surface area (Å²) in [5, 5.41) is 11.4. The van der Waals surface area contributed by atoms with Gasteiger partial charge in [-0.25, -0.2) is 0 Å². The van der Waals surface area contributed by atoms with Crippen LogP contribution in [0, 0.1) is 10.8 Å². The predicted octanol–water partition coefficient (Wildman–Crippen LogP) is 13.1. The van der Waals surface area contributed by atoms with Gasteiger partial charge in [0, 0.05) is 90.8 Å². The number of amides is 4. The van der Waals surface area contributed by atoms with E-state index in [0.717, 1.165) is 43.4 Å². The molecule has 0 saturated carbocycles. The minimum Gasteiger partial charge on any atom is -0.381 e. The summed E-state index contributed by atoms with van der Waals surface area (Å²) in [6, 6.07) is 0. The average molecular weight is 1370 g/mol. The van der Waals surface area contributed by atoms with Crippen LogP contribution in [-0.2, 0) is 71.3 Å². The summed E-state index contributed by atoms with van der Waals surface area (Å²) in [4.78, 5) is 46.9. The highest BCUT2D eigenvalue weighted by Gasteiger charge is 2.27. The Balaban J connectivity index is 0.00000150. The van der Waals surface area contributed by atoms with Crippen molar-refractivity contribution in [3.8, 4) is 0 Å². The van der Waals surface area contributed by atoms with Crippen molar-refractivity contribution < 1.29 is 71.3 Å². The molecule has 0 spiro atoms. The third-order valence-electron chi connectivity index (χ3n) is 15.3. The van der Waals surface area contributed by atoms with Gasteiger partial charge in [0.2, 0.25) is 23.6 Å². The fourth-order valence-electron chi connectivity index (χ4n) is 9.92. The number of carbonyl (C=O) groups excluding carboxylic acids is 4. The summed E-state index contributed by atoms with van der Waals surface area (Å²) in [6.45, 7) is 44.4. The van der Waals surface area contributed by atoms with Gasteiger partial charge in [0.1, 0.15) is 0 Å². The Morgan fingerprint density at radius 3 is 1.07 bits per heavy atom. The molecule has 2 aliphatic carbocycles. The second-order valence-electron chi connectivity index (χ2n) is 25.2. The molecule has 97 heavy (non-hydrogen) atoms. The van der Waals surface area contributed by atoms with Crippen LogP contribution in [0.3, 0.4) is 0 Å². The summed E-state index contributed by atoms with van der Waals surface area (Å²) in [6.07, 6.45) is 35.7. The molecule has 0 fully saturated rings. The van der Waals surface area contributed by atoms with E-state index in [1.54, 1.807) is 12.2 Å². The van der Waals surface area contributed by atoms with Gasteiger partial charge in [-0.15, -0.1) is 0 Å². The molecular formula is C78H134N4O15. The largest absolute Gasteiger partial charge is 0.381 e. The maximum atomic E-state index is 12.2. The van der Waals surface area contributed by atoms with Gasteiger partial charge in [0.05, 0.1) is 106 Å². The van der Waals surface area contributed by atoms with Crippen LogP contribution in [0.15, 0.2) is 117 Å². The second kappa shape index (κ2) is 63.0. The van der Waals surface area contributed by atoms with Gasteiger partial charge in [0.25, 0.3) is 0 Å². The van der Waals surface area contributed by atoms with Gasteiger partial charge in [-0.2, -0.15) is 0 Å². The summed E-state index contributed by atoms with van der Waals surface area (Å²) in [5.41, 5.74) is 10.7. The fourth-order valence-corrected chi connectivity index (χ4v) is 9.92. The van der Waals surface area contributed by atoms with E-state index >= 15 is 0 Å². The van der Waals surface area contributed by atoms with Gasteiger partial charge in [-0.3, -0.25) is 19.2 Å². The summed E-state index contributed by atoms with van der Waals surface area (Å²) >= 11 is 0. The molecule has 0 atom stereocenters. The molecule has 4 amide bonds. The van der Waals surface area contributed by atoms with E-state index in [-0.39, 0.29) is 34.5 Å². The molecule has 0 unspecified atom stereocenters. The number of carbonyl (C=O) groups is 4. The number of allylic oxidation sites excluding steroid dienone is 18. The quantitative estimate of drug-likeness (QED) is 0.0253. The Labute approximate surface area is 587 Å². The zero-order valence-corrected chi connectivity index (χ0v) is 62.9. The van der Waals surface area contributed by atoms with Crippen LogP contribution < -0.4 is 21.3 Å². The number of ether oxygens (including phenoxy) is 11. The minimum absolute atomic E-state index is 0.00332. The Hall–Kier alpha value is -5.16. The zero-order chi connectivity index (χ0) is 71.9. The molecule has 556 valence electrons. The molecule has 0 aromatic carbocycles. The topological polar surface area (TPSA) is 218 Å². The molecule has 19 nitrogen and oxygen atoms in total. The molecule has 2 aliphatic rings. The van der Waals surface area contributed by atoms with Gasteiger partial charge in [0.15, 0.2) is 0 Å². The monoisotopic (exact) mass is 1370 g/mol. The summed E-state index contributed by atoms with van der Waals surface area (Å²) in [5.74, 6) is -0.156. The normalized spacial score (nSPS) is 15.3. The maximum absolute atomic E-state index is 12.2. The molecule has 0 bridgehead atoms. The van der Waals surface area contributed by atoms with Crippen molar-refractivity contribution in [2.45, 2.75) is 174 Å². The SMILES string of the molecule is CCCOCCOCCOCCCNC(=O)CCOCCOCCOCCOCC.CCNC(=O)/C=C(C)/C=C/C=C(C)/C=C/C1=C(C)CCCC1(C)C.CCOCCC(=O)NCCCOCCOCCOCCCNC(=O)/C=C(C)/C=C/C=C(C)/C=C/C1=C(C)CCCC1(C)C. The number of hydrogen-bond donors (Lipinski definition) is 4. The Morgan fingerprint density at radius 2 is 0.711 bits per heavy atom. The number of hydrogen-bond acceptors (Lipinski definition) is 15. The van der Waals surface area contributed by atoms with Crippen LogP contribution in [0.5, 0.6) is 0 Å². The lowest BCUT2D eigenvalue weighted by Gasteiger charge is -2.33. The molecule has 4 N–H and O–H groups in total. The Morgan fingerprint density at radius 1 is 0.392 bits per heavy atom. The van der Waals surface area contributed by atoms with E-state index in [1.807, 2.05) is 58.9 Å². The highest BCUT2D eigenvalue weighted by Crippen LogP contribution is 2.42. The lowest BCUT2D eigenvalue weighted by Crippen LogP contribution is -2.26. The number of likely N-dealkylation sites (N-methyl/N-ethyl adjacent to an activating group) is 1. The molecule has 0 radical (unpaired) electrons. The number of rotatable bonds is 54. The van der Waals surface area contributed by atoms with Crippen molar-refractivity contribution in [3.05, 3.63) is 117 Å². The highest BCUT2D eigenvalue weighted by molar-refractivity contribution is 5.89. The van der Waals surface area contributed by atoms with E-state index < -0.39 is 0 Å². The van der Waals surface area contributed by atoms with Crippen LogP contribution in [0.25, 0.3) is 0 Å². The van der Waals surface area contributed by atoms with E-state index in [0.29, 0.717) is 178 Å². The summed E-state index contributed by atoms with van der Waals surface area (Å²) < 4.78 is 59.1. The fraction of sp³-hybridized carbons (Fsp3) is 0.692. The van der Waals surface area contributed by atoms with Gasteiger partial charge in [-0.1, -0.05) is 118 Å². The Bertz CT molecular complexity index is 2370. The van der Waals surface area contributed by atoms with Crippen LogP contribution >= 0.6 is 0 Å². The molecule has 0 aromatic rings. The van der Waals surface area contributed by atoms with Crippen molar-refractivity contribution in [1.82, 2.24) is 21.3 Å². The zero-order valence-electron chi connectivity index (χ0n) is 62.9. The third kappa shape index (κ3) is 56.3. The van der Waals surface area contributed by atoms with Crippen LogP contribution in [0.1, 0.15) is 174 Å². The lowest BCUT2D eigenvalue weighted by molar-refractivity contribution is -0.123. The first-order valence-electron chi connectivity index (χ1n) is 36.0. The molecule has 0 saturated heterocycles. The molecule has 0 heterocycles. The van der Waals surface area contributed by atoms with Crippen molar-refractivity contribution in [2.75, 3.05) is 172 Å². The molecule has 0 aromatic heterocycles. The van der Waals surface area contributed by atoms with Crippen LogP contribution in [-0.4, -0.2) is 195 Å². The van der Waals surface area contributed by atoms with Crippen molar-refractivity contribution >= 4 is 23.6 Å². The maximum Gasteiger partial charge on any atom is 0.244 e. The first kappa shape index (κ1) is 91.8. The van der Waals surface area contributed by atoms with Crippen molar-refractivity contribution in [1.29, 1.82) is 0 Å². The average Bonchev–Trinajstić information content (AvgIpc) is 0.835. The standard InChI is InChI=1S/C35H58N2O6.C22H33NO.C21H43NO8/c1-7-40-23-17-33(38)36-19-10-21-41-24-26-43-27-25-42-22-11-20-37-34(39)28-30(3)13-8-12-29(2)15-16-32-31(4)14-9-18-35(32,5)6;1-7-23-21(24)16-18(3)11-8-10-17(2)13-14-20-19(4)12-9-15-22(20,5)6;1-3-8-25-13-16-29-17-14-26-9-5-7-22-21(23)6-10-27-15-18-30-20-19-28-12-11-24-4-2/h8,12-13,15-16,28H,7,9-11,14,17-27H2,1-6H3,(H,36,38)(H,37,39);8,10-11,13-14,16H,7,9,12,15H2,1-6H3,(H,23,24);3-20H2,1-2H3,(H,22,23)/b13-8+,16-15+,29-12+,30-28+;11-8+,14-13+,17-10+,18-16+;. The second-order valence-corrected chi connectivity index (χ2v) is 25.2. The van der Waals surface area contributed by atoms with Crippen LogP contribution in [0.4, 0.5) is 0 Å². The van der Waals surface area contributed by atoms with Crippen molar-refractivity contribution in [2.24, 2.45) is 10.8 Å². The lowest BCUT2D eigenvalue weighted by atomic mass is 9.72. The molecule has 19 heteroatoms. The van der Waals surface area contributed by atoms with E-state index in [2.05, 4.69) is 120 Å². The van der Waals surface area contributed by atoms with Gasteiger partial charge < -0.3 is 73.4 Å². The predicted molar refractivity (Wildman–Crippen MR) is 394 cm³/mol. The van der Waals surface area contributed by atoms with Crippen molar-refractivity contribution in [3.63, 3.8) is 0 Å². The molecule has 2 rings (SSSR count). The molecular weight excluding hydrogens is 1230 g/mol. The summed E-state index contributed by atoms with van der Waals surface area (Å²) in [7, 11) is 0. The first-order valence-corrected chi connectivity index (χ1v) is 36.0. The number of nitrogens with one attached hydrogen (secondary N) is 4. The third-order valence-corrected chi connectivity index (χ3v) is 15.3. The van der Waals surface area contributed by atoms with E-state index in [1.165, 1.54) is 72.0 Å². The van der Waals surface area contributed by atoms with E-state index in [9.17, 15) is 19.2 Å². The first-order chi connectivity index (χ1) is 46.7. The molecule has 0 aliphatic heterocycles. The van der Waals surface area contributed by atoms with Crippen LogP contribution in [0.2, 0.25) is 0 Å². The minimum atomic E-state index is -0.100. The smallest absolute Gasteiger partial charge is 0.244 e. The van der Waals surface area contributed by atoms with E-state index in [4.69, 9.17) is 52.1 Å². The Kier molecular flexibility index (Phi) is 59.7. The van der Waals surface area contributed by atoms with Gasteiger partial charge >= 0.3 is 0 Å². The highest BCUT2D eigenvalue weighted by atomic mass is 16.6.